The molecule has 0 saturated carbocycles. The lowest BCUT2D eigenvalue weighted by Crippen LogP contribution is -2.47. The largest absolute Gasteiger partial charge is 0.336 e. The van der Waals surface area contributed by atoms with Crippen molar-refractivity contribution < 1.29 is 4.79 Å². The second-order valence-corrected chi connectivity index (χ2v) is 7.01. The summed E-state index contributed by atoms with van der Waals surface area (Å²) in [7, 11) is 2.09. The van der Waals surface area contributed by atoms with Gasteiger partial charge >= 0.3 is 0 Å². The van der Waals surface area contributed by atoms with Gasteiger partial charge in [0.2, 0.25) is 0 Å². The van der Waals surface area contributed by atoms with Crippen molar-refractivity contribution in [3.63, 3.8) is 0 Å². The minimum Gasteiger partial charge on any atom is -0.336 e. The van der Waals surface area contributed by atoms with Crippen molar-refractivity contribution in [2.24, 2.45) is 0 Å². The van der Waals surface area contributed by atoms with E-state index in [0.717, 1.165) is 43.0 Å². The topological polar surface area (TPSA) is 41.4 Å². The van der Waals surface area contributed by atoms with E-state index in [1.165, 1.54) is 0 Å². The Morgan fingerprint density at radius 1 is 0.926 bits per heavy atom. The molecule has 2 heterocycles. The predicted molar refractivity (Wildman–Crippen MR) is 107 cm³/mol. The molecule has 27 heavy (non-hydrogen) atoms. The molecule has 1 aliphatic rings. The molecule has 5 nitrogen and oxygen atoms in total. The Morgan fingerprint density at radius 3 is 2.22 bits per heavy atom. The predicted octanol–water partition coefficient (Wildman–Crippen LogP) is 2.99. The maximum atomic E-state index is 13.2. The van der Waals surface area contributed by atoms with Crippen molar-refractivity contribution in [2.45, 2.75) is 6.54 Å². The molecule has 0 N–H and O–H groups in total. The van der Waals surface area contributed by atoms with Crippen molar-refractivity contribution in [1.29, 1.82) is 0 Å². The van der Waals surface area contributed by atoms with Crippen molar-refractivity contribution >= 4 is 5.91 Å². The van der Waals surface area contributed by atoms with Gasteiger partial charge in [-0.15, -0.1) is 0 Å². The number of hydrogen-bond donors (Lipinski definition) is 0. The Morgan fingerprint density at radius 2 is 1.56 bits per heavy atom. The fourth-order valence-corrected chi connectivity index (χ4v) is 3.50. The number of carbonyl (C=O) groups is 1. The zero-order valence-electron chi connectivity index (χ0n) is 15.6. The Kier molecular flexibility index (Phi) is 5.03. The molecule has 1 saturated heterocycles. The summed E-state index contributed by atoms with van der Waals surface area (Å²) in [5, 5.41) is 4.58. The van der Waals surface area contributed by atoms with Gasteiger partial charge in [-0.05, 0) is 12.6 Å². The third kappa shape index (κ3) is 3.78. The molecule has 1 aromatic heterocycles. The number of benzene rings is 2. The highest BCUT2D eigenvalue weighted by atomic mass is 16.2. The van der Waals surface area contributed by atoms with Crippen LogP contribution in [0.25, 0.3) is 11.3 Å². The molecule has 0 atom stereocenters. The lowest BCUT2D eigenvalue weighted by Gasteiger charge is -2.32. The van der Waals surface area contributed by atoms with Crippen LogP contribution in [0.4, 0.5) is 0 Å². The van der Waals surface area contributed by atoms with Crippen molar-refractivity contribution in [3.8, 4) is 11.3 Å². The Hall–Kier alpha value is -2.92. The second kappa shape index (κ2) is 7.76. The van der Waals surface area contributed by atoms with Gasteiger partial charge in [0.25, 0.3) is 5.91 Å². The highest BCUT2D eigenvalue weighted by Crippen LogP contribution is 2.26. The molecule has 4 rings (SSSR count). The number of carbonyl (C=O) groups excluding carboxylic acids is 1. The summed E-state index contributed by atoms with van der Waals surface area (Å²) >= 11 is 0. The Bertz CT molecular complexity index is 897. The smallest absolute Gasteiger partial charge is 0.257 e. The monoisotopic (exact) mass is 360 g/mol. The highest BCUT2D eigenvalue weighted by Gasteiger charge is 2.25. The average Bonchev–Trinajstić information content (AvgIpc) is 3.13. The second-order valence-electron chi connectivity index (χ2n) is 7.01. The quantitative estimate of drug-likeness (QED) is 0.718. The first-order chi connectivity index (χ1) is 13.2. The van der Waals surface area contributed by atoms with Gasteiger partial charge in [0.05, 0.1) is 24.0 Å². The molecule has 3 aromatic rings. The van der Waals surface area contributed by atoms with Gasteiger partial charge < -0.3 is 9.80 Å². The zero-order valence-corrected chi connectivity index (χ0v) is 15.6. The first-order valence-corrected chi connectivity index (χ1v) is 9.35. The lowest BCUT2D eigenvalue weighted by molar-refractivity contribution is 0.0665. The Labute approximate surface area is 159 Å². The first kappa shape index (κ1) is 17.5. The van der Waals surface area contributed by atoms with E-state index in [0.29, 0.717) is 12.1 Å². The van der Waals surface area contributed by atoms with Gasteiger partial charge in [0, 0.05) is 31.7 Å². The number of amides is 1. The molecule has 1 amide bonds. The van der Waals surface area contributed by atoms with E-state index in [1.54, 1.807) is 6.20 Å². The van der Waals surface area contributed by atoms with Gasteiger partial charge in [-0.1, -0.05) is 60.7 Å². The molecule has 2 aromatic carbocycles. The van der Waals surface area contributed by atoms with E-state index < -0.39 is 0 Å². The molecule has 0 unspecified atom stereocenters. The van der Waals surface area contributed by atoms with Crippen molar-refractivity contribution in [2.75, 3.05) is 33.2 Å². The maximum absolute atomic E-state index is 13.2. The van der Waals surface area contributed by atoms with Crippen LogP contribution in [0.2, 0.25) is 0 Å². The highest BCUT2D eigenvalue weighted by molar-refractivity contribution is 6.00. The lowest BCUT2D eigenvalue weighted by atomic mass is 10.1. The number of aromatic nitrogens is 2. The number of nitrogens with zero attached hydrogens (tertiary/aromatic N) is 4. The summed E-state index contributed by atoms with van der Waals surface area (Å²) < 4.78 is 1.94. The van der Waals surface area contributed by atoms with Gasteiger partial charge in [0.1, 0.15) is 0 Å². The van der Waals surface area contributed by atoms with E-state index in [9.17, 15) is 4.79 Å². The van der Waals surface area contributed by atoms with E-state index in [2.05, 4.69) is 29.2 Å². The average molecular weight is 360 g/mol. The molecule has 0 bridgehead atoms. The molecular formula is C22H24N4O. The SMILES string of the molecule is CN1CCN(C(=O)c2cnn(Cc3ccccc3)c2-c2ccccc2)CC1. The van der Waals surface area contributed by atoms with E-state index in [4.69, 9.17) is 0 Å². The molecule has 0 aliphatic carbocycles. The van der Waals surface area contributed by atoms with Crippen LogP contribution in [-0.4, -0.2) is 58.7 Å². The van der Waals surface area contributed by atoms with Crippen LogP contribution in [0.3, 0.4) is 0 Å². The van der Waals surface area contributed by atoms with E-state index in [1.807, 2.05) is 58.1 Å². The van der Waals surface area contributed by atoms with Crippen molar-refractivity contribution in [3.05, 3.63) is 78.0 Å². The van der Waals surface area contributed by atoms with Crippen molar-refractivity contribution in [1.82, 2.24) is 19.6 Å². The molecule has 1 aliphatic heterocycles. The normalized spacial score (nSPS) is 15.1. The maximum Gasteiger partial charge on any atom is 0.257 e. The summed E-state index contributed by atoms with van der Waals surface area (Å²) in [6.07, 6.45) is 1.73. The van der Waals surface area contributed by atoms with Crippen LogP contribution in [0, 0.1) is 0 Å². The summed E-state index contributed by atoms with van der Waals surface area (Å²) in [6.45, 7) is 3.97. The first-order valence-electron chi connectivity index (χ1n) is 9.35. The van der Waals surface area contributed by atoms with Gasteiger partial charge in [-0.3, -0.25) is 9.48 Å². The fourth-order valence-electron chi connectivity index (χ4n) is 3.50. The zero-order chi connectivity index (χ0) is 18.6. The van der Waals surface area contributed by atoms with Crippen LogP contribution < -0.4 is 0 Å². The molecule has 138 valence electrons. The molecular weight excluding hydrogens is 336 g/mol. The minimum absolute atomic E-state index is 0.0706. The van der Waals surface area contributed by atoms with Crippen LogP contribution in [0.1, 0.15) is 15.9 Å². The van der Waals surface area contributed by atoms with Crippen LogP contribution in [0.5, 0.6) is 0 Å². The van der Waals surface area contributed by atoms with Gasteiger partial charge in [0.15, 0.2) is 0 Å². The summed E-state index contributed by atoms with van der Waals surface area (Å²) in [5.74, 6) is 0.0706. The van der Waals surface area contributed by atoms with Gasteiger partial charge in [-0.25, -0.2) is 0 Å². The number of hydrogen-bond acceptors (Lipinski definition) is 3. The standard InChI is InChI=1S/C22H24N4O/c1-24-12-14-25(15-13-24)22(27)20-16-23-26(17-18-8-4-2-5-9-18)21(20)19-10-6-3-7-11-19/h2-11,16H,12-15,17H2,1H3. The summed E-state index contributed by atoms with van der Waals surface area (Å²) in [5.41, 5.74) is 3.75. The third-order valence-electron chi connectivity index (χ3n) is 5.08. The van der Waals surface area contributed by atoms with E-state index >= 15 is 0 Å². The van der Waals surface area contributed by atoms with Crippen LogP contribution in [-0.2, 0) is 6.54 Å². The third-order valence-corrected chi connectivity index (χ3v) is 5.08. The molecule has 0 spiro atoms. The molecule has 0 radical (unpaired) electrons. The summed E-state index contributed by atoms with van der Waals surface area (Å²) in [6, 6.07) is 20.3. The minimum atomic E-state index is 0.0706. The fraction of sp³-hybridized carbons (Fsp3) is 0.273. The molecule has 1 fully saturated rings. The Balaban J connectivity index is 1.70. The van der Waals surface area contributed by atoms with Crippen LogP contribution in [0.15, 0.2) is 66.9 Å². The number of likely N-dealkylation sites (N-methyl/N-ethyl adjacent to an activating group) is 1. The van der Waals surface area contributed by atoms with E-state index in [-0.39, 0.29) is 5.91 Å². The number of piperazine rings is 1. The molecule has 5 heteroatoms. The van der Waals surface area contributed by atoms with Gasteiger partial charge in [-0.2, -0.15) is 5.10 Å². The number of rotatable bonds is 4. The summed E-state index contributed by atoms with van der Waals surface area (Å²) in [4.78, 5) is 17.4. The van der Waals surface area contributed by atoms with Crippen LogP contribution >= 0.6 is 0 Å².